The third-order valence-electron chi connectivity index (χ3n) is 3.43. The van der Waals surface area contributed by atoms with E-state index >= 15 is 0 Å². The number of rotatable bonds is 6. The van der Waals surface area contributed by atoms with Crippen LogP contribution in [-0.2, 0) is 16.1 Å². The maximum absolute atomic E-state index is 12.0. The van der Waals surface area contributed by atoms with Crippen molar-refractivity contribution in [2.24, 2.45) is 0 Å². The Kier molecular flexibility index (Phi) is 6.64. The number of carbonyl (C=O) groups is 2. The van der Waals surface area contributed by atoms with Crippen LogP contribution in [-0.4, -0.2) is 18.4 Å². The third-order valence-corrected chi connectivity index (χ3v) is 3.87. The van der Waals surface area contributed by atoms with Gasteiger partial charge in [-0.05, 0) is 23.8 Å². The Morgan fingerprint density at radius 1 is 1.04 bits per heavy atom. The molecule has 126 valence electrons. The van der Waals surface area contributed by atoms with Gasteiger partial charge in [-0.1, -0.05) is 53.5 Å². The van der Waals surface area contributed by atoms with Crippen molar-refractivity contribution in [1.29, 1.82) is 0 Å². The number of anilines is 1. The molecule has 0 saturated heterocycles. The Morgan fingerprint density at radius 2 is 1.67 bits per heavy atom. The molecule has 0 fully saturated rings. The van der Waals surface area contributed by atoms with Gasteiger partial charge < -0.3 is 10.2 Å². The largest absolute Gasteiger partial charge is 0.352 e. The molecule has 0 atom stereocenters. The van der Waals surface area contributed by atoms with Crippen molar-refractivity contribution >= 4 is 40.7 Å². The molecule has 0 radical (unpaired) electrons. The van der Waals surface area contributed by atoms with E-state index in [1.807, 2.05) is 30.3 Å². The zero-order valence-corrected chi connectivity index (χ0v) is 14.8. The quantitative estimate of drug-likeness (QED) is 0.840. The van der Waals surface area contributed by atoms with Crippen molar-refractivity contribution < 1.29 is 9.59 Å². The first kappa shape index (κ1) is 18.3. The molecule has 24 heavy (non-hydrogen) atoms. The Labute approximate surface area is 151 Å². The van der Waals surface area contributed by atoms with Crippen LogP contribution in [0.1, 0.15) is 18.9 Å². The average Bonchev–Trinajstić information content (AvgIpc) is 2.53. The van der Waals surface area contributed by atoms with Crippen LogP contribution in [0.5, 0.6) is 0 Å². The molecule has 0 bridgehead atoms. The van der Waals surface area contributed by atoms with Gasteiger partial charge >= 0.3 is 0 Å². The fourth-order valence-electron chi connectivity index (χ4n) is 2.26. The minimum Gasteiger partial charge on any atom is -0.352 e. The average molecular weight is 365 g/mol. The second-order valence-corrected chi connectivity index (χ2v) is 6.18. The predicted octanol–water partition coefficient (Wildman–Crippen LogP) is 4.05. The summed E-state index contributed by atoms with van der Waals surface area (Å²) in [5.41, 5.74) is 1.60. The molecule has 0 aliphatic rings. The first-order valence-corrected chi connectivity index (χ1v) is 8.26. The highest BCUT2D eigenvalue weighted by atomic mass is 35.5. The third kappa shape index (κ3) is 5.55. The molecule has 2 amide bonds. The van der Waals surface area contributed by atoms with Crippen LogP contribution < -0.4 is 10.2 Å². The number of carbonyl (C=O) groups excluding carboxylic acids is 2. The summed E-state index contributed by atoms with van der Waals surface area (Å²) in [6.07, 6.45) is 0.191. The van der Waals surface area contributed by atoms with E-state index in [9.17, 15) is 9.59 Å². The van der Waals surface area contributed by atoms with Crippen LogP contribution in [0.25, 0.3) is 0 Å². The van der Waals surface area contributed by atoms with Gasteiger partial charge in [0.2, 0.25) is 11.8 Å². The lowest BCUT2D eigenvalue weighted by Gasteiger charge is -2.21. The molecule has 0 aromatic heterocycles. The van der Waals surface area contributed by atoms with E-state index in [1.165, 1.54) is 11.8 Å². The van der Waals surface area contributed by atoms with Crippen molar-refractivity contribution in [3.63, 3.8) is 0 Å². The maximum atomic E-state index is 12.0. The van der Waals surface area contributed by atoms with Crippen LogP contribution in [0.15, 0.2) is 48.5 Å². The molecule has 2 rings (SSSR count). The summed E-state index contributed by atoms with van der Waals surface area (Å²) in [7, 11) is 0. The molecule has 2 aromatic carbocycles. The number of halogens is 2. The molecule has 0 unspecified atom stereocenters. The van der Waals surface area contributed by atoms with Crippen molar-refractivity contribution in [3.05, 3.63) is 64.1 Å². The number of nitrogens with one attached hydrogen (secondary N) is 1. The first-order chi connectivity index (χ1) is 11.5. The predicted molar refractivity (Wildman–Crippen MR) is 97.4 cm³/mol. The summed E-state index contributed by atoms with van der Waals surface area (Å²) < 4.78 is 0. The second-order valence-electron chi connectivity index (χ2n) is 5.31. The van der Waals surface area contributed by atoms with Crippen LogP contribution in [0.4, 0.5) is 5.69 Å². The summed E-state index contributed by atoms with van der Waals surface area (Å²) in [4.78, 5) is 25.4. The van der Waals surface area contributed by atoms with Gasteiger partial charge in [0.15, 0.2) is 0 Å². The zero-order chi connectivity index (χ0) is 17.5. The van der Waals surface area contributed by atoms with Crippen molar-refractivity contribution in [2.75, 3.05) is 11.4 Å². The minimum atomic E-state index is -0.177. The summed E-state index contributed by atoms with van der Waals surface area (Å²) >= 11 is 12.0. The fraction of sp³-hybridized carbons (Fsp3) is 0.222. The van der Waals surface area contributed by atoms with Crippen LogP contribution in [0, 0.1) is 0 Å². The number of hydrogen-bond donors (Lipinski definition) is 1. The highest BCUT2D eigenvalue weighted by molar-refractivity contribution is 6.35. The highest BCUT2D eigenvalue weighted by Gasteiger charge is 2.14. The fourth-order valence-corrected chi connectivity index (χ4v) is 2.78. The van der Waals surface area contributed by atoms with Crippen LogP contribution in [0.3, 0.4) is 0 Å². The van der Waals surface area contributed by atoms with Gasteiger partial charge in [0.25, 0.3) is 0 Å². The molecule has 0 heterocycles. The van der Waals surface area contributed by atoms with Gasteiger partial charge in [-0.2, -0.15) is 0 Å². The number of benzene rings is 2. The lowest BCUT2D eigenvalue weighted by Crippen LogP contribution is -2.33. The summed E-state index contributed by atoms with van der Waals surface area (Å²) in [5.74, 6) is -0.303. The van der Waals surface area contributed by atoms with Crippen molar-refractivity contribution in [3.8, 4) is 0 Å². The molecule has 0 aliphatic carbocycles. The Hall–Kier alpha value is -2.04. The molecule has 6 heteroatoms. The smallest absolute Gasteiger partial charge is 0.223 e. The first-order valence-electron chi connectivity index (χ1n) is 7.50. The lowest BCUT2D eigenvalue weighted by atomic mass is 10.2. The molecule has 0 spiro atoms. The van der Waals surface area contributed by atoms with Crippen molar-refractivity contribution in [1.82, 2.24) is 5.32 Å². The standard InChI is InChI=1S/C18H18Cl2N2O2/c1-13(23)22(17-10-15(19)9-16(20)11-17)8-7-18(24)21-12-14-5-3-2-4-6-14/h2-6,9-11H,7-8,12H2,1H3,(H,21,24). The van der Waals surface area contributed by atoms with E-state index in [2.05, 4.69) is 5.32 Å². The molecule has 2 aromatic rings. The lowest BCUT2D eigenvalue weighted by molar-refractivity contribution is -0.121. The summed E-state index contributed by atoms with van der Waals surface area (Å²) in [5, 5.41) is 3.72. The van der Waals surface area contributed by atoms with Crippen LogP contribution >= 0.6 is 23.2 Å². The number of amides is 2. The van der Waals surface area contributed by atoms with Gasteiger partial charge in [0, 0.05) is 42.2 Å². The molecule has 0 saturated carbocycles. The minimum absolute atomic E-state index is 0.127. The van der Waals surface area contributed by atoms with Gasteiger partial charge in [0.1, 0.15) is 0 Å². The van der Waals surface area contributed by atoms with Gasteiger partial charge in [-0.3, -0.25) is 9.59 Å². The molecule has 1 N–H and O–H groups in total. The molecule has 4 nitrogen and oxygen atoms in total. The highest BCUT2D eigenvalue weighted by Crippen LogP contribution is 2.25. The molecule has 0 aliphatic heterocycles. The topological polar surface area (TPSA) is 49.4 Å². The Morgan fingerprint density at radius 3 is 2.25 bits per heavy atom. The molecular formula is C18H18Cl2N2O2. The maximum Gasteiger partial charge on any atom is 0.223 e. The van der Waals surface area contributed by atoms with E-state index in [0.717, 1.165) is 5.56 Å². The van der Waals surface area contributed by atoms with Gasteiger partial charge in [0.05, 0.1) is 0 Å². The Bertz CT molecular complexity index is 700. The van der Waals surface area contributed by atoms with E-state index < -0.39 is 0 Å². The normalized spacial score (nSPS) is 10.3. The van der Waals surface area contributed by atoms with Gasteiger partial charge in [-0.25, -0.2) is 0 Å². The number of hydrogen-bond acceptors (Lipinski definition) is 2. The second kappa shape index (κ2) is 8.71. The van der Waals surface area contributed by atoms with Crippen LogP contribution in [0.2, 0.25) is 10.0 Å². The van der Waals surface area contributed by atoms with Gasteiger partial charge in [-0.15, -0.1) is 0 Å². The SMILES string of the molecule is CC(=O)N(CCC(=O)NCc1ccccc1)c1cc(Cl)cc(Cl)c1. The van der Waals surface area contributed by atoms with E-state index in [1.54, 1.807) is 18.2 Å². The number of nitrogens with zero attached hydrogens (tertiary/aromatic N) is 1. The Balaban J connectivity index is 1.93. The molecular weight excluding hydrogens is 347 g/mol. The summed E-state index contributed by atoms with van der Waals surface area (Å²) in [6, 6.07) is 14.5. The monoisotopic (exact) mass is 364 g/mol. The van der Waals surface area contributed by atoms with Crippen molar-refractivity contribution in [2.45, 2.75) is 19.9 Å². The van der Waals surface area contributed by atoms with E-state index in [4.69, 9.17) is 23.2 Å². The zero-order valence-electron chi connectivity index (χ0n) is 13.3. The summed E-state index contributed by atoms with van der Waals surface area (Å²) in [6.45, 7) is 2.16. The van der Waals surface area contributed by atoms with E-state index in [-0.39, 0.29) is 24.8 Å². The van der Waals surface area contributed by atoms with E-state index in [0.29, 0.717) is 22.3 Å².